The van der Waals surface area contributed by atoms with Crippen molar-refractivity contribution in [1.82, 2.24) is 0 Å². The van der Waals surface area contributed by atoms with E-state index in [0.29, 0.717) is 23.5 Å². The van der Waals surface area contributed by atoms with Crippen molar-refractivity contribution in [1.29, 1.82) is 0 Å². The zero-order chi connectivity index (χ0) is 14.3. The summed E-state index contributed by atoms with van der Waals surface area (Å²) < 4.78 is 19.3. The quantitative estimate of drug-likeness (QED) is 0.895. The van der Waals surface area contributed by atoms with Crippen molar-refractivity contribution >= 4 is 16.9 Å². The normalized spacial score (nSPS) is 26.8. The largest absolute Gasteiger partial charge is 0.481 e. The molecule has 1 aliphatic rings. The van der Waals surface area contributed by atoms with E-state index >= 15 is 0 Å². The van der Waals surface area contributed by atoms with Crippen molar-refractivity contribution in [3.05, 3.63) is 35.8 Å². The Morgan fingerprint density at radius 1 is 1.40 bits per heavy atom. The number of carboxylic acids is 1. The fourth-order valence-corrected chi connectivity index (χ4v) is 3.22. The number of rotatable bonds is 2. The molecule has 0 aliphatic heterocycles. The Bertz CT molecular complexity index is 646. The Morgan fingerprint density at radius 3 is 2.90 bits per heavy atom. The average Bonchev–Trinajstić information content (AvgIpc) is 2.83. The molecule has 106 valence electrons. The molecule has 3 unspecified atom stereocenters. The third-order valence-electron chi connectivity index (χ3n) is 4.31. The summed E-state index contributed by atoms with van der Waals surface area (Å²) in [4.78, 5) is 11.4. The third kappa shape index (κ3) is 2.19. The molecule has 1 saturated carbocycles. The highest BCUT2D eigenvalue weighted by molar-refractivity contribution is 5.79. The van der Waals surface area contributed by atoms with E-state index in [-0.39, 0.29) is 11.5 Å². The maximum absolute atomic E-state index is 13.7. The van der Waals surface area contributed by atoms with Crippen LogP contribution in [-0.4, -0.2) is 11.1 Å². The van der Waals surface area contributed by atoms with E-state index in [2.05, 4.69) is 6.92 Å². The van der Waals surface area contributed by atoms with E-state index < -0.39 is 17.7 Å². The molecule has 0 radical (unpaired) electrons. The predicted molar refractivity (Wildman–Crippen MR) is 73.1 cm³/mol. The number of halogens is 1. The molecule has 1 aromatic carbocycles. The highest BCUT2D eigenvalue weighted by atomic mass is 19.1. The number of fused-ring (bicyclic) bond motifs is 1. The lowest BCUT2D eigenvalue weighted by atomic mass is 9.73. The van der Waals surface area contributed by atoms with Gasteiger partial charge >= 0.3 is 5.97 Å². The molecule has 3 rings (SSSR count). The number of carboxylic acid groups (broad SMARTS) is 1. The van der Waals surface area contributed by atoms with Gasteiger partial charge in [0.1, 0.15) is 5.76 Å². The zero-order valence-corrected chi connectivity index (χ0v) is 11.3. The third-order valence-corrected chi connectivity index (χ3v) is 4.31. The molecule has 1 N–H and O–H groups in total. The molecule has 1 aromatic heterocycles. The van der Waals surface area contributed by atoms with E-state index in [1.54, 1.807) is 18.2 Å². The molecule has 20 heavy (non-hydrogen) atoms. The van der Waals surface area contributed by atoms with Gasteiger partial charge in [-0.25, -0.2) is 4.39 Å². The molecule has 0 amide bonds. The molecule has 3 atom stereocenters. The summed E-state index contributed by atoms with van der Waals surface area (Å²) in [5.74, 6) is -0.720. The summed E-state index contributed by atoms with van der Waals surface area (Å²) in [5.41, 5.74) is 0.227. The van der Waals surface area contributed by atoms with E-state index in [0.717, 1.165) is 12.8 Å². The Hall–Kier alpha value is -1.84. The van der Waals surface area contributed by atoms with Gasteiger partial charge in [0.2, 0.25) is 0 Å². The van der Waals surface area contributed by atoms with Crippen LogP contribution in [0.1, 0.15) is 37.9 Å². The van der Waals surface area contributed by atoms with Gasteiger partial charge < -0.3 is 9.52 Å². The minimum Gasteiger partial charge on any atom is -0.481 e. The molecule has 0 spiro atoms. The monoisotopic (exact) mass is 276 g/mol. The van der Waals surface area contributed by atoms with Crippen molar-refractivity contribution in [2.24, 2.45) is 11.8 Å². The fraction of sp³-hybridized carbons (Fsp3) is 0.438. The second-order valence-corrected chi connectivity index (χ2v) is 5.78. The van der Waals surface area contributed by atoms with Crippen LogP contribution < -0.4 is 0 Å². The zero-order valence-electron chi connectivity index (χ0n) is 11.3. The molecule has 0 saturated heterocycles. The van der Waals surface area contributed by atoms with Gasteiger partial charge in [-0.1, -0.05) is 19.1 Å². The molecular weight excluding hydrogens is 259 g/mol. The van der Waals surface area contributed by atoms with Gasteiger partial charge in [-0.05, 0) is 37.3 Å². The number of benzene rings is 1. The summed E-state index contributed by atoms with van der Waals surface area (Å²) in [5, 5.41) is 10.1. The minimum absolute atomic E-state index is 0.164. The Morgan fingerprint density at radius 2 is 2.20 bits per heavy atom. The molecular formula is C16H17FO3. The molecule has 4 heteroatoms. The van der Waals surface area contributed by atoms with E-state index in [1.807, 2.05) is 0 Å². The topological polar surface area (TPSA) is 50.4 Å². The van der Waals surface area contributed by atoms with Gasteiger partial charge in [-0.15, -0.1) is 0 Å². The summed E-state index contributed by atoms with van der Waals surface area (Å²) in [6.45, 7) is 2.12. The van der Waals surface area contributed by atoms with Crippen LogP contribution in [0.25, 0.3) is 11.0 Å². The van der Waals surface area contributed by atoms with Gasteiger partial charge in [0.05, 0.1) is 5.92 Å². The highest BCUT2D eigenvalue weighted by Gasteiger charge is 2.36. The second-order valence-electron chi connectivity index (χ2n) is 5.78. The lowest BCUT2D eigenvalue weighted by Crippen LogP contribution is -2.28. The number of carbonyl (C=O) groups is 1. The van der Waals surface area contributed by atoms with Gasteiger partial charge in [0.15, 0.2) is 11.4 Å². The van der Waals surface area contributed by atoms with Crippen LogP contribution in [-0.2, 0) is 4.79 Å². The first-order valence-electron chi connectivity index (χ1n) is 6.97. The molecule has 1 heterocycles. The maximum Gasteiger partial charge on any atom is 0.307 e. The van der Waals surface area contributed by atoms with Crippen LogP contribution in [0.2, 0.25) is 0 Å². The minimum atomic E-state index is -0.789. The van der Waals surface area contributed by atoms with Crippen LogP contribution in [0.5, 0.6) is 0 Å². The van der Waals surface area contributed by atoms with Crippen LogP contribution >= 0.6 is 0 Å². The second kappa shape index (κ2) is 4.93. The first-order chi connectivity index (χ1) is 9.56. The van der Waals surface area contributed by atoms with Gasteiger partial charge in [-0.2, -0.15) is 0 Å². The number of hydrogen-bond acceptors (Lipinski definition) is 2. The first kappa shape index (κ1) is 13.2. The fourth-order valence-electron chi connectivity index (χ4n) is 3.22. The standard InChI is InChI=1S/C16H17FO3/c1-9-5-6-11(16(18)19)12(7-9)14-8-10-3-2-4-13(17)15(10)20-14/h2-4,8-9,11-12H,5-7H2,1H3,(H,18,19). The molecule has 1 fully saturated rings. The van der Waals surface area contributed by atoms with Crippen molar-refractivity contribution in [2.75, 3.05) is 0 Å². The van der Waals surface area contributed by atoms with Crippen molar-refractivity contribution in [3.63, 3.8) is 0 Å². The number of furan rings is 1. The first-order valence-corrected chi connectivity index (χ1v) is 6.97. The van der Waals surface area contributed by atoms with E-state index in [1.165, 1.54) is 6.07 Å². The average molecular weight is 276 g/mol. The molecule has 0 bridgehead atoms. The van der Waals surface area contributed by atoms with Gasteiger partial charge in [0.25, 0.3) is 0 Å². The Kier molecular flexibility index (Phi) is 3.24. The van der Waals surface area contributed by atoms with Crippen LogP contribution in [0.3, 0.4) is 0 Å². The lowest BCUT2D eigenvalue weighted by molar-refractivity contribution is -0.144. The summed E-state index contributed by atoms with van der Waals surface area (Å²) in [6.07, 6.45) is 2.35. The molecule has 2 aromatic rings. The van der Waals surface area contributed by atoms with Crippen molar-refractivity contribution < 1.29 is 18.7 Å². The predicted octanol–water partition coefficient (Wildman–Crippen LogP) is 4.18. The number of aliphatic carboxylic acids is 1. The lowest BCUT2D eigenvalue weighted by Gasteiger charge is -2.30. The van der Waals surface area contributed by atoms with Crippen LogP contribution in [0, 0.1) is 17.7 Å². The highest BCUT2D eigenvalue weighted by Crippen LogP contribution is 2.42. The van der Waals surface area contributed by atoms with Gasteiger partial charge in [-0.3, -0.25) is 4.79 Å². The summed E-state index contributed by atoms with van der Waals surface area (Å²) >= 11 is 0. The molecule has 1 aliphatic carbocycles. The van der Waals surface area contributed by atoms with Crippen LogP contribution in [0.4, 0.5) is 4.39 Å². The van der Waals surface area contributed by atoms with Gasteiger partial charge in [0, 0.05) is 11.3 Å². The van der Waals surface area contributed by atoms with Crippen molar-refractivity contribution in [3.8, 4) is 0 Å². The van der Waals surface area contributed by atoms with E-state index in [4.69, 9.17) is 4.42 Å². The number of hydrogen-bond donors (Lipinski definition) is 1. The van der Waals surface area contributed by atoms with Crippen molar-refractivity contribution in [2.45, 2.75) is 32.1 Å². The summed E-state index contributed by atoms with van der Waals surface area (Å²) in [6, 6.07) is 6.56. The SMILES string of the molecule is CC1CCC(C(=O)O)C(c2cc3cccc(F)c3o2)C1. The maximum atomic E-state index is 13.7. The smallest absolute Gasteiger partial charge is 0.307 e. The van der Waals surface area contributed by atoms with E-state index in [9.17, 15) is 14.3 Å². The Balaban J connectivity index is 2.02. The Labute approximate surface area is 116 Å². The van der Waals surface area contributed by atoms with Crippen LogP contribution in [0.15, 0.2) is 28.7 Å². The summed E-state index contributed by atoms with van der Waals surface area (Å²) in [7, 11) is 0. The number of para-hydroxylation sites is 1. The molecule has 3 nitrogen and oxygen atoms in total.